The van der Waals surface area contributed by atoms with Crippen LogP contribution in [0.15, 0.2) is 60.8 Å². The van der Waals surface area contributed by atoms with E-state index in [1.54, 1.807) is 0 Å². The number of carbonyl (C=O) groups excluding carboxylic acids is 3. The zero-order chi connectivity index (χ0) is 45.8. The van der Waals surface area contributed by atoms with Gasteiger partial charge in [-0.25, -0.2) is 0 Å². The fourth-order valence-corrected chi connectivity index (χ4v) is 7.54. The van der Waals surface area contributed by atoms with Crippen LogP contribution >= 0.6 is 0 Å². The molecule has 0 aliphatic rings. The highest BCUT2D eigenvalue weighted by molar-refractivity contribution is 5.71. The number of esters is 3. The molecule has 0 aromatic rings. The summed E-state index contributed by atoms with van der Waals surface area (Å²) in [6.07, 6.45) is 63.5. The molecule has 0 rings (SSSR count). The van der Waals surface area contributed by atoms with E-state index in [1.807, 2.05) is 0 Å². The first-order valence-corrected chi connectivity index (χ1v) is 26.8. The Morgan fingerprint density at radius 1 is 0.333 bits per heavy atom. The zero-order valence-electron chi connectivity index (χ0n) is 41.6. The first-order chi connectivity index (χ1) is 31.0. The van der Waals surface area contributed by atoms with E-state index in [0.717, 1.165) is 77.0 Å². The molecule has 63 heavy (non-hydrogen) atoms. The number of allylic oxidation sites excluding steroid dienone is 10. The fourth-order valence-electron chi connectivity index (χ4n) is 7.54. The lowest BCUT2D eigenvalue weighted by atomic mass is 10.0. The molecule has 6 nitrogen and oxygen atoms in total. The Labute approximate surface area is 390 Å². The molecule has 0 amide bonds. The molecule has 0 saturated heterocycles. The molecule has 0 aromatic heterocycles. The zero-order valence-corrected chi connectivity index (χ0v) is 41.6. The number of unbranched alkanes of at least 4 members (excludes halogenated alkanes) is 27. The van der Waals surface area contributed by atoms with Crippen molar-refractivity contribution in [3.8, 4) is 0 Å². The highest BCUT2D eigenvalue weighted by atomic mass is 16.6. The van der Waals surface area contributed by atoms with Crippen molar-refractivity contribution in [3.05, 3.63) is 60.8 Å². The van der Waals surface area contributed by atoms with E-state index in [-0.39, 0.29) is 37.5 Å². The Morgan fingerprint density at radius 2 is 0.619 bits per heavy atom. The minimum absolute atomic E-state index is 0.0881. The lowest BCUT2D eigenvalue weighted by molar-refractivity contribution is -0.167. The van der Waals surface area contributed by atoms with Crippen molar-refractivity contribution in [3.63, 3.8) is 0 Å². The highest BCUT2D eigenvalue weighted by Crippen LogP contribution is 2.16. The number of hydrogen-bond donors (Lipinski definition) is 0. The third kappa shape index (κ3) is 50.0. The third-order valence-corrected chi connectivity index (χ3v) is 11.5. The van der Waals surface area contributed by atoms with Gasteiger partial charge in [0, 0.05) is 19.3 Å². The topological polar surface area (TPSA) is 78.9 Å². The average molecular weight is 881 g/mol. The minimum atomic E-state index is -0.792. The van der Waals surface area contributed by atoms with Gasteiger partial charge in [0.2, 0.25) is 0 Å². The molecule has 6 heteroatoms. The monoisotopic (exact) mass is 881 g/mol. The second kappa shape index (κ2) is 51.7. The molecular formula is C57H100O6. The van der Waals surface area contributed by atoms with Gasteiger partial charge < -0.3 is 14.2 Å². The van der Waals surface area contributed by atoms with Gasteiger partial charge in [0.05, 0.1) is 0 Å². The lowest BCUT2D eigenvalue weighted by Gasteiger charge is -2.18. The SMILES string of the molecule is CC/C=C\C/C=C\C/C=C\C/C=C\C/C=C\CCCC(=O)OC[C@H](COC(=O)CCCCCCCCCCCCCCCCC)OC(=O)CCCCCCCCCCCCCCC. The second-order valence-corrected chi connectivity index (χ2v) is 17.8. The highest BCUT2D eigenvalue weighted by Gasteiger charge is 2.19. The summed E-state index contributed by atoms with van der Waals surface area (Å²) in [5, 5.41) is 0. The smallest absolute Gasteiger partial charge is 0.306 e. The van der Waals surface area contributed by atoms with Crippen molar-refractivity contribution < 1.29 is 28.6 Å². The predicted molar refractivity (Wildman–Crippen MR) is 270 cm³/mol. The van der Waals surface area contributed by atoms with Gasteiger partial charge >= 0.3 is 17.9 Å². The van der Waals surface area contributed by atoms with E-state index in [9.17, 15) is 14.4 Å². The second-order valence-electron chi connectivity index (χ2n) is 17.8. The van der Waals surface area contributed by atoms with Gasteiger partial charge in [-0.05, 0) is 57.8 Å². The summed E-state index contributed by atoms with van der Waals surface area (Å²) < 4.78 is 16.8. The predicted octanol–water partition coefficient (Wildman–Crippen LogP) is 17.6. The van der Waals surface area contributed by atoms with Crippen LogP contribution in [0.25, 0.3) is 0 Å². The molecule has 0 bridgehead atoms. The molecule has 0 spiro atoms. The van der Waals surface area contributed by atoms with Crippen molar-refractivity contribution in [2.45, 2.75) is 271 Å². The van der Waals surface area contributed by atoms with Crippen LogP contribution in [-0.2, 0) is 28.6 Å². The summed E-state index contributed by atoms with van der Waals surface area (Å²) in [4.78, 5) is 38.0. The molecule has 0 unspecified atom stereocenters. The standard InChI is InChI=1S/C57H100O6/c1-4-7-10-13-16-19-22-25-27-28-30-33-35-38-41-44-47-50-56(59)62-53-54(63-57(60)51-48-45-42-39-36-31-24-21-18-15-12-9-6-3)52-61-55(58)49-46-43-40-37-34-32-29-26-23-20-17-14-11-8-5-2/h7,10,16,19,25,27,30,33,38,41,54H,4-6,8-9,11-15,17-18,20-24,26,28-29,31-32,34-37,39-40,42-53H2,1-3H3/b10-7-,19-16-,27-25-,33-30-,41-38-/t54-/m0/s1. The van der Waals surface area contributed by atoms with Crippen molar-refractivity contribution in [1.29, 1.82) is 0 Å². The Hall–Kier alpha value is -2.89. The van der Waals surface area contributed by atoms with E-state index in [2.05, 4.69) is 81.5 Å². The van der Waals surface area contributed by atoms with Gasteiger partial charge in [0.1, 0.15) is 13.2 Å². The summed E-state index contributed by atoms with van der Waals surface area (Å²) in [5.41, 5.74) is 0. The van der Waals surface area contributed by atoms with Gasteiger partial charge in [-0.15, -0.1) is 0 Å². The summed E-state index contributed by atoms with van der Waals surface area (Å²) in [7, 11) is 0. The Balaban J connectivity index is 4.43. The van der Waals surface area contributed by atoms with E-state index in [4.69, 9.17) is 14.2 Å². The van der Waals surface area contributed by atoms with E-state index < -0.39 is 6.10 Å². The van der Waals surface area contributed by atoms with E-state index >= 15 is 0 Å². The van der Waals surface area contributed by atoms with Crippen LogP contribution in [0, 0.1) is 0 Å². The van der Waals surface area contributed by atoms with Gasteiger partial charge in [0.25, 0.3) is 0 Å². The van der Waals surface area contributed by atoms with Crippen LogP contribution in [0.3, 0.4) is 0 Å². The van der Waals surface area contributed by atoms with Crippen LogP contribution in [0.5, 0.6) is 0 Å². The maximum atomic E-state index is 12.8. The first kappa shape index (κ1) is 60.1. The molecule has 0 radical (unpaired) electrons. The molecular weight excluding hydrogens is 781 g/mol. The maximum absolute atomic E-state index is 12.8. The normalized spacial score (nSPS) is 12.5. The molecule has 0 aromatic carbocycles. The summed E-state index contributed by atoms with van der Waals surface area (Å²) in [5.74, 6) is -0.939. The van der Waals surface area contributed by atoms with E-state index in [1.165, 1.54) is 141 Å². The van der Waals surface area contributed by atoms with Crippen molar-refractivity contribution >= 4 is 17.9 Å². The fraction of sp³-hybridized carbons (Fsp3) is 0.772. The number of rotatable bonds is 48. The van der Waals surface area contributed by atoms with Crippen LogP contribution in [0.4, 0.5) is 0 Å². The first-order valence-electron chi connectivity index (χ1n) is 26.8. The summed E-state index contributed by atoms with van der Waals surface area (Å²) in [6.45, 7) is 6.49. The van der Waals surface area contributed by atoms with Crippen LogP contribution in [-0.4, -0.2) is 37.2 Å². The summed E-state index contributed by atoms with van der Waals surface area (Å²) >= 11 is 0. The van der Waals surface area contributed by atoms with Gasteiger partial charge in [-0.3, -0.25) is 14.4 Å². The van der Waals surface area contributed by atoms with Crippen molar-refractivity contribution in [2.24, 2.45) is 0 Å². The maximum Gasteiger partial charge on any atom is 0.306 e. The van der Waals surface area contributed by atoms with E-state index in [0.29, 0.717) is 19.3 Å². The molecule has 0 heterocycles. The van der Waals surface area contributed by atoms with Crippen LogP contribution < -0.4 is 0 Å². The third-order valence-electron chi connectivity index (χ3n) is 11.5. The molecule has 0 N–H and O–H groups in total. The molecule has 1 atom stereocenters. The molecule has 0 aliphatic carbocycles. The number of hydrogen-bond acceptors (Lipinski definition) is 6. The molecule has 0 fully saturated rings. The van der Waals surface area contributed by atoms with Crippen molar-refractivity contribution in [1.82, 2.24) is 0 Å². The molecule has 0 saturated carbocycles. The molecule has 0 aliphatic heterocycles. The number of ether oxygens (including phenoxy) is 3. The number of carbonyl (C=O) groups is 3. The molecule has 364 valence electrons. The van der Waals surface area contributed by atoms with Crippen molar-refractivity contribution in [2.75, 3.05) is 13.2 Å². The van der Waals surface area contributed by atoms with Gasteiger partial charge in [-0.1, -0.05) is 248 Å². The average Bonchev–Trinajstić information content (AvgIpc) is 3.28. The lowest BCUT2D eigenvalue weighted by Crippen LogP contribution is -2.30. The quantitative estimate of drug-likeness (QED) is 0.0262. The van der Waals surface area contributed by atoms with Gasteiger partial charge in [-0.2, -0.15) is 0 Å². The largest absolute Gasteiger partial charge is 0.462 e. The van der Waals surface area contributed by atoms with Gasteiger partial charge in [0.15, 0.2) is 6.10 Å². The van der Waals surface area contributed by atoms with Crippen LogP contribution in [0.1, 0.15) is 265 Å². The Kier molecular flexibility index (Phi) is 49.4. The van der Waals surface area contributed by atoms with Crippen LogP contribution in [0.2, 0.25) is 0 Å². The summed E-state index contributed by atoms with van der Waals surface area (Å²) in [6, 6.07) is 0. The Bertz CT molecular complexity index is 1150. The minimum Gasteiger partial charge on any atom is -0.462 e. The Morgan fingerprint density at radius 3 is 0.968 bits per heavy atom.